The fourth-order valence-electron chi connectivity index (χ4n) is 1.97. The summed E-state index contributed by atoms with van der Waals surface area (Å²) >= 11 is 3.16. The summed E-state index contributed by atoms with van der Waals surface area (Å²) in [5.41, 5.74) is 1.37. The summed E-state index contributed by atoms with van der Waals surface area (Å²) in [4.78, 5) is 11.8. The number of ether oxygens (including phenoxy) is 1. The van der Waals surface area contributed by atoms with Crippen LogP contribution in [0.3, 0.4) is 0 Å². The van der Waals surface area contributed by atoms with E-state index in [2.05, 4.69) is 28.2 Å². The van der Waals surface area contributed by atoms with Gasteiger partial charge in [-0.1, -0.05) is 41.4 Å². The summed E-state index contributed by atoms with van der Waals surface area (Å²) in [6.45, 7) is 1.96. The van der Waals surface area contributed by atoms with Crippen molar-refractivity contribution in [3.8, 4) is 5.75 Å². The first kappa shape index (κ1) is 16.5. The summed E-state index contributed by atoms with van der Waals surface area (Å²) in [7, 11) is 0. The third-order valence-corrected chi connectivity index (χ3v) is 3.53. The van der Waals surface area contributed by atoms with Crippen LogP contribution in [0.1, 0.15) is 18.9 Å². The molecule has 2 aromatic rings. The van der Waals surface area contributed by atoms with E-state index in [1.165, 1.54) is 17.7 Å². The van der Waals surface area contributed by atoms with E-state index in [9.17, 15) is 9.18 Å². The summed E-state index contributed by atoms with van der Waals surface area (Å²) < 4.78 is 19.6. The quantitative estimate of drug-likeness (QED) is 0.814. The molecule has 0 aliphatic rings. The second-order valence-electron chi connectivity index (χ2n) is 4.85. The van der Waals surface area contributed by atoms with Crippen LogP contribution in [-0.4, -0.2) is 12.5 Å². The van der Waals surface area contributed by atoms with Crippen molar-refractivity contribution in [1.29, 1.82) is 0 Å². The van der Waals surface area contributed by atoms with Crippen molar-refractivity contribution >= 4 is 27.5 Å². The van der Waals surface area contributed by atoms with Crippen LogP contribution in [0, 0.1) is 5.82 Å². The Hall–Kier alpha value is -1.88. The van der Waals surface area contributed by atoms with E-state index in [0.717, 1.165) is 12.8 Å². The Bertz CT molecular complexity index is 644. The van der Waals surface area contributed by atoms with Gasteiger partial charge in [0.2, 0.25) is 0 Å². The van der Waals surface area contributed by atoms with Gasteiger partial charge >= 0.3 is 0 Å². The fraction of sp³-hybridized carbons (Fsp3) is 0.235. The van der Waals surface area contributed by atoms with Gasteiger partial charge in [0.25, 0.3) is 5.91 Å². The second-order valence-corrected chi connectivity index (χ2v) is 5.77. The molecule has 0 bridgehead atoms. The van der Waals surface area contributed by atoms with Crippen molar-refractivity contribution in [2.24, 2.45) is 0 Å². The number of hydrogen-bond donors (Lipinski definition) is 1. The van der Waals surface area contributed by atoms with Gasteiger partial charge in [0.05, 0.1) is 5.69 Å². The van der Waals surface area contributed by atoms with Crippen LogP contribution in [0.2, 0.25) is 0 Å². The van der Waals surface area contributed by atoms with Gasteiger partial charge in [0.15, 0.2) is 6.61 Å². The third-order valence-electron chi connectivity index (χ3n) is 3.04. The lowest BCUT2D eigenvalue weighted by Crippen LogP contribution is -2.20. The first-order valence-corrected chi connectivity index (χ1v) is 7.84. The lowest BCUT2D eigenvalue weighted by molar-refractivity contribution is -0.118. The summed E-state index contributed by atoms with van der Waals surface area (Å²) in [6, 6.07) is 12.1. The van der Waals surface area contributed by atoms with Gasteiger partial charge in [-0.05, 0) is 42.3 Å². The zero-order valence-corrected chi connectivity index (χ0v) is 13.8. The van der Waals surface area contributed by atoms with Gasteiger partial charge in [-0.15, -0.1) is 0 Å². The van der Waals surface area contributed by atoms with Crippen LogP contribution in [0.25, 0.3) is 0 Å². The molecule has 0 fully saturated rings. The van der Waals surface area contributed by atoms with Gasteiger partial charge in [0, 0.05) is 4.47 Å². The molecule has 0 atom stereocenters. The number of halogens is 2. The number of nitrogens with one attached hydrogen (secondary N) is 1. The predicted molar refractivity (Wildman–Crippen MR) is 88.7 cm³/mol. The van der Waals surface area contributed by atoms with E-state index in [1.54, 1.807) is 6.07 Å². The van der Waals surface area contributed by atoms with Crippen molar-refractivity contribution in [3.63, 3.8) is 0 Å². The zero-order chi connectivity index (χ0) is 15.9. The van der Waals surface area contributed by atoms with Crippen molar-refractivity contribution in [3.05, 3.63) is 58.3 Å². The Morgan fingerprint density at radius 2 is 1.95 bits per heavy atom. The molecule has 2 aromatic carbocycles. The highest BCUT2D eigenvalue weighted by atomic mass is 79.9. The minimum absolute atomic E-state index is 0.134. The fourth-order valence-corrected chi connectivity index (χ4v) is 2.30. The summed E-state index contributed by atoms with van der Waals surface area (Å²) in [5, 5.41) is 2.48. The molecule has 1 N–H and O–H groups in total. The monoisotopic (exact) mass is 365 g/mol. The van der Waals surface area contributed by atoms with E-state index in [0.29, 0.717) is 10.2 Å². The predicted octanol–water partition coefficient (Wildman–Crippen LogP) is 4.56. The molecule has 0 aliphatic carbocycles. The average Bonchev–Trinajstić information content (AvgIpc) is 2.50. The van der Waals surface area contributed by atoms with E-state index in [1.807, 2.05) is 24.3 Å². The molecule has 0 saturated heterocycles. The average molecular weight is 366 g/mol. The summed E-state index contributed by atoms with van der Waals surface area (Å²) in [6.07, 6.45) is 2.10. The molecule has 0 radical (unpaired) electrons. The van der Waals surface area contributed by atoms with Gasteiger partial charge < -0.3 is 10.1 Å². The number of carbonyl (C=O) groups is 1. The van der Waals surface area contributed by atoms with Gasteiger partial charge in [0.1, 0.15) is 11.6 Å². The number of aryl methyl sites for hydroxylation is 1. The molecule has 1 amide bonds. The van der Waals surface area contributed by atoms with E-state index in [4.69, 9.17) is 4.74 Å². The van der Waals surface area contributed by atoms with Crippen molar-refractivity contribution in [2.45, 2.75) is 19.8 Å². The van der Waals surface area contributed by atoms with Crippen LogP contribution >= 0.6 is 15.9 Å². The SMILES string of the molecule is CCCc1ccc(OCC(=O)Nc2ccc(Br)cc2F)cc1. The van der Waals surface area contributed by atoms with Crippen molar-refractivity contribution in [2.75, 3.05) is 11.9 Å². The number of hydrogen-bond acceptors (Lipinski definition) is 2. The molecule has 0 aliphatic heterocycles. The van der Waals surface area contributed by atoms with Crippen LogP contribution in [0.4, 0.5) is 10.1 Å². The van der Waals surface area contributed by atoms with Crippen LogP contribution in [0.15, 0.2) is 46.9 Å². The molecule has 0 heterocycles. The van der Waals surface area contributed by atoms with Crippen molar-refractivity contribution in [1.82, 2.24) is 0 Å². The van der Waals surface area contributed by atoms with E-state index < -0.39 is 11.7 Å². The molecule has 0 saturated carbocycles. The topological polar surface area (TPSA) is 38.3 Å². The van der Waals surface area contributed by atoms with Crippen LogP contribution in [-0.2, 0) is 11.2 Å². The maximum Gasteiger partial charge on any atom is 0.262 e. The maximum absolute atomic E-state index is 13.6. The molecule has 0 aromatic heterocycles. The molecular weight excluding hydrogens is 349 g/mol. The Balaban J connectivity index is 1.87. The number of anilines is 1. The number of carbonyl (C=O) groups excluding carboxylic acids is 1. The second kappa shape index (κ2) is 7.94. The number of amides is 1. The molecule has 5 heteroatoms. The largest absolute Gasteiger partial charge is 0.484 e. The molecule has 0 unspecified atom stereocenters. The highest BCUT2D eigenvalue weighted by Gasteiger charge is 2.08. The molecule has 3 nitrogen and oxygen atoms in total. The lowest BCUT2D eigenvalue weighted by atomic mass is 10.1. The molecule has 22 heavy (non-hydrogen) atoms. The Kier molecular flexibility index (Phi) is 5.95. The van der Waals surface area contributed by atoms with Gasteiger partial charge in [-0.3, -0.25) is 4.79 Å². The smallest absolute Gasteiger partial charge is 0.262 e. The number of benzene rings is 2. The standard InChI is InChI=1S/C17H17BrFNO2/c1-2-3-12-4-7-14(8-5-12)22-11-17(21)20-16-9-6-13(18)10-15(16)19/h4-10H,2-3,11H2,1H3,(H,20,21). The molecule has 2 rings (SSSR count). The zero-order valence-electron chi connectivity index (χ0n) is 12.2. The Morgan fingerprint density at radius 1 is 1.23 bits per heavy atom. The minimum atomic E-state index is -0.494. The first-order valence-electron chi connectivity index (χ1n) is 7.05. The van der Waals surface area contributed by atoms with E-state index >= 15 is 0 Å². The lowest BCUT2D eigenvalue weighted by Gasteiger charge is -2.09. The highest BCUT2D eigenvalue weighted by Crippen LogP contribution is 2.19. The van der Waals surface area contributed by atoms with Gasteiger partial charge in [-0.2, -0.15) is 0 Å². The van der Waals surface area contributed by atoms with Crippen LogP contribution in [0.5, 0.6) is 5.75 Å². The van der Waals surface area contributed by atoms with E-state index in [-0.39, 0.29) is 12.3 Å². The molecule has 116 valence electrons. The van der Waals surface area contributed by atoms with Crippen LogP contribution < -0.4 is 10.1 Å². The minimum Gasteiger partial charge on any atom is -0.484 e. The third kappa shape index (κ3) is 4.84. The molecular formula is C17H17BrFNO2. The normalized spacial score (nSPS) is 10.3. The first-order chi connectivity index (χ1) is 10.6. The van der Waals surface area contributed by atoms with Gasteiger partial charge in [-0.25, -0.2) is 4.39 Å². The Labute approximate surface area is 137 Å². The highest BCUT2D eigenvalue weighted by molar-refractivity contribution is 9.10. The maximum atomic E-state index is 13.6. The van der Waals surface area contributed by atoms with Crippen molar-refractivity contribution < 1.29 is 13.9 Å². The Morgan fingerprint density at radius 3 is 2.59 bits per heavy atom. The summed E-state index contributed by atoms with van der Waals surface area (Å²) in [5.74, 6) is -0.281. The number of rotatable bonds is 6. The molecule has 0 spiro atoms.